The minimum atomic E-state index is -0.548. The van der Waals surface area contributed by atoms with E-state index in [9.17, 15) is 9.59 Å². The van der Waals surface area contributed by atoms with Crippen molar-refractivity contribution in [2.24, 2.45) is 0 Å². The Labute approximate surface area is 118 Å². The van der Waals surface area contributed by atoms with Gasteiger partial charge in [-0.25, -0.2) is 4.72 Å². The van der Waals surface area contributed by atoms with Crippen LogP contribution in [0.25, 0.3) is 0 Å². The second-order valence-corrected chi connectivity index (χ2v) is 6.21. The molecule has 0 aliphatic rings. The van der Waals surface area contributed by atoms with Crippen molar-refractivity contribution >= 4 is 36.5 Å². The van der Waals surface area contributed by atoms with E-state index in [1.807, 2.05) is 0 Å². The fraction of sp³-hybridized carbons (Fsp3) is 0.818. The highest BCUT2D eigenvalue weighted by Crippen LogP contribution is 2.15. The smallest absolute Gasteiger partial charge is 0.324 e. The summed E-state index contributed by atoms with van der Waals surface area (Å²) in [5.41, 5.74) is -0.517. The lowest BCUT2D eigenvalue weighted by atomic mass is 10.2. The molecule has 0 radical (unpaired) electrons. The first-order valence-corrected chi connectivity index (χ1v) is 7.05. The number of carbonyl (C=O) groups excluding carboxylic acids is 2. The van der Waals surface area contributed by atoms with Gasteiger partial charge in [0.2, 0.25) is 0 Å². The molecule has 0 amide bonds. The number of nitrogens with one attached hydrogen (secondary N) is 1. The van der Waals surface area contributed by atoms with Crippen molar-refractivity contribution in [1.82, 2.24) is 4.72 Å². The molecule has 1 unspecified atom stereocenters. The van der Waals surface area contributed by atoms with Crippen LogP contribution in [-0.2, 0) is 19.1 Å². The molecule has 0 saturated heterocycles. The van der Waals surface area contributed by atoms with Gasteiger partial charge in [0.1, 0.15) is 16.9 Å². The number of methoxy groups -OCH3 is 1. The predicted molar refractivity (Wildman–Crippen MR) is 75.7 cm³/mol. The summed E-state index contributed by atoms with van der Waals surface area (Å²) in [5, 5.41) is -0.420. The number of hydrogen-bond donors (Lipinski definition) is 2. The quantitative estimate of drug-likeness (QED) is 0.439. The van der Waals surface area contributed by atoms with Crippen LogP contribution in [-0.4, -0.2) is 41.7 Å². The SMILES string of the molecule is COC(=O)[C@H](CS)NSC(C)C(=O)OC(C)(C)C. The maximum absolute atomic E-state index is 11.7. The van der Waals surface area contributed by atoms with Crippen molar-refractivity contribution in [3.8, 4) is 0 Å². The van der Waals surface area contributed by atoms with Crippen LogP contribution in [0.15, 0.2) is 0 Å². The molecule has 0 aromatic carbocycles. The van der Waals surface area contributed by atoms with Gasteiger partial charge in [-0.1, -0.05) is 11.9 Å². The van der Waals surface area contributed by atoms with Crippen LogP contribution in [0.3, 0.4) is 0 Å². The van der Waals surface area contributed by atoms with E-state index < -0.39 is 22.9 Å². The maximum atomic E-state index is 11.7. The van der Waals surface area contributed by atoms with E-state index in [1.54, 1.807) is 27.7 Å². The van der Waals surface area contributed by atoms with Crippen molar-refractivity contribution in [2.75, 3.05) is 12.9 Å². The molecular weight excluding hydrogens is 274 g/mol. The predicted octanol–water partition coefficient (Wildman–Crippen LogP) is 1.43. The second kappa shape index (κ2) is 7.91. The molecule has 5 nitrogen and oxygen atoms in total. The van der Waals surface area contributed by atoms with Gasteiger partial charge in [-0.05, 0) is 27.7 Å². The first kappa shape index (κ1) is 17.6. The highest BCUT2D eigenvalue weighted by atomic mass is 32.2. The van der Waals surface area contributed by atoms with Gasteiger partial charge in [-0.3, -0.25) is 9.59 Å². The molecule has 0 aliphatic carbocycles. The summed E-state index contributed by atoms with van der Waals surface area (Å²) >= 11 is 5.17. The summed E-state index contributed by atoms with van der Waals surface area (Å²) in [6.45, 7) is 7.13. The molecule has 0 bridgehead atoms. The molecule has 0 aliphatic heterocycles. The minimum absolute atomic E-state index is 0.292. The van der Waals surface area contributed by atoms with E-state index in [2.05, 4.69) is 22.1 Å². The lowest BCUT2D eigenvalue weighted by Crippen LogP contribution is -2.38. The van der Waals surface area contributed by atoms with Crippen molar-refractivity contribution < 1.29 is 19.1 Å². The largest absolute Gasteiger partial charge is 0.468 e. The molecule has 0 fully saturated rings. The van der Waals surface area contributed by atoms with Gasteiger partial charge in [0.05, 0.1) is 7.11 Å². The zero-order valence-corrected chi connectivity index (χ0v) is 13.1. The average molecular weight is 295 g/mol. The monoisotopic (exact) mass is 295 g/mol. The Balaban J connectivity index is 4.20. The summed E-state index contributed by atoms with van der Waals surface area (Å²) in [5.74, 6) is -0.447. The van der Waals surface area contributed by atoms with Crippen molar-refractivity contribution in [3.63, 3.8) is 0 Å². The topological polar surface area (TPSA) is 64.6 Å². The summed E-state index contributed by atoms with van der Waals surface area (Å²) in [7, 11) is 1.31. The molecule has 0 aromatic rings. The first-order valence-electron chi connectivity index (χ1n) is 5.54. The average Bonchev–Trinajstić information content (AvgIpc) is 2.26. The Bertz CT molecular complexity index is 291. The Morgan fingerprint density at radius 3 is 2.28 bits per heavy atom. The van der Waals surface area contributed by atoms with Gasteiger partial charge in [-0.15, -0.1) is 0 Å². The van der Waals surface area contributed by atoms with Crippen molar-refractivity contribution in [1.29, 1.82) is 0 Å². The van der Waals surface area contributed by atoms with Crippen LogP contribution in [0.2, 0.25) is 0 Å². The third kappa shape index (κ3) is 7.13. The van der Waals surface area contributed by atoms with Crippen LogP contribution in [0.5, 0.6) is 0 Å². The Kier molecular flexibility index (Phi) is 7.73. The number of ether oxygens (including phenoxy) is 2. The zero-order chi connectivity index (χ0) is 14.3. The van der Waals surface area contributed by atoms with Crippen LogP contribution in [0, 0.1) is 0 Å². The van der Waals surface area contributed by atoms with Crippen LogP contribution in [0.1, 0.15) is 27.7 Å². The van der Waals surface area contributed by atoms with E-state index >= 15 is 0 Å². The molecule has 7 heteroatoms. The fourth-order valence-corrected chi connectivity index (χ4v) is 1.98. The van der Waals surface area contributed by atoms with E-state index in [4.69, 9.17) is 4.74 Å². The van der Waals surface area contributed by atoms with Gasteiger partial charge in [0.25, 0.3) is 0 Å². The third-order valence-electron chi connectivity index (χ3n) is 1.79. The van der Waals surface area contributed by atoms with E-state index in [-0.39, 0.29) is 5.97 Å². The van der Waals surface area contributed by atoms with Crippen LogP contribution in [0.4, 0.5) is 0 Å². The van der Waals surface area contributed by atoms with E-state index in [0.29, 0.717) is 5.75 Å². The van der Waals surface area contributed by atoms with Gasteiger partial charge < -0.3 is 9.47 Å². The Morgan fingerprint density at radius 2 is 1.89 bits per heavy atom. The van der Waals surface area contributed by atoms with Gasteiger partial charge in [-0.2, -0.15) is 12.6 Å². The third-order valence-corrected chi connectivity index (χ3v) is 3.13. The molecule has 0 spiro atoms. The summed E-state index contributed by atoms with van der Waals surface area (Å²) < 4.78 is 12.7. The molecule has 18 heavy (non-hydrogen) atoms. The van der Waals surface area contributed by atoms with Gasteiger partial charge in [0.15, 0.2) is 0 Å². The van der Waals surface area contributed by atoms with E-state index in [1.165, 1.54) is 7.11 Å². The molecule has 0 heterocycles. The number of hydrogen-bond acceptors (Lipinski definition) is 7. The molecule has 0 rings (SSSR count). The van der Waals surface area contributed by atoms with Crippen LogP contribution < -0.4 is 4.72 Å². The van der Waals surface area contributed by atoms with Crippen molar-refractivity contribution in [3.05, 3.63) is 0 Å². The van der Waals surface area contributed by atoms with E-state index in [0.717, 1.165) is 11.9 Å². The molecule has 1 N–H and O–H groups in total. The highest BCUT2D eigenvalue weighted by Gasteiger charge is 2.24. The first-order chi connectivity index (χ1) is 8.21. The zero-order valence-electron chi connectivity index (χ0n) is 11.4. The summed E-state index contributed by atoms with van der Waals surface area (Å²) in [6.07, 6.45) is 0. The van der Waals surface area contributed by atoms with Gasteiger partial charge in [0, 0.05) is 5.75 Å². The molecule has 0 aromatic heterocycles. The lowest BCUT2D eigenvalue weighted by molar-refractivity contribution is -0.153. The summed E-state index contributed by atoms with van der Waals surface area (Å²) in [6, 6.07) is -0.548. The Hall–Kier alpha value is -0.400. The number of thiol groups is 1. The standard InChI is InChI=1S/C11H21NO4S2/c1-7(9(13)16-11(2,3)4)18-12-8(6-17)10(14)15-5/h7-8,12,17H,6H2,1-5H3/t7?,8-/m0/s1. The molecule has 106 valence electrons. The van der Waals surface area contributed by atoms with Crippen LogP contribution >= 0.6 is 24.6 Å². The minimum Gasteiger partial charge on any atom is -0.468 e. The second-order valence-electron chi connectivity index (χ2n) is 4.67. The maximum Gasteiger partial charge on any atom is 0.324 e. The normalized spacial score (nSPS) is 14.8. The molecule has 2 atom stereocenters. The fourth-order valence-electron chi connectivity index (χ4n) is 0.919. The highest BCUT2D eigenvalue weighted by molar-refractivity contribution is 7.98. The molecular formula is C11H21NO4S2. The van der Waals surface area contributed by atoms with Gasteiger partial charge >= 0.3 is 11.9 Å². The van der Waals surface area contributed by atoms with Crippen molar-refractivity contribution in [2.45, 2.75) is 44.6 Å². The summed E-state index contributed by atoms with van der Waals surface area (Å²) in [4.78, 5) is 23.0. The number of carbonyl (C=O) groups is 2. The molecule has 0 saturated carbocycles. The lowest BCUT2D eigenvalue weighted by Gasteiger charge is -2.22. The number of rotatable bonds is 6. The Morgan fingerprint density at radius 1 is 1.33 bits per heavy atom. The number of esters is 2.